The van der Waals surface area contributed by atoms with Gasteiger partial charge in [-0.05, 0) is 0 Å². The Hall–Kier alpha value is -1.06. The highest BCUT2D eigenvalue weighted by Crippen LogP contribution is 2.17. The third-order valence-corrected chi connectivity index (χ3v) is 1.94. The first-order chi connectivity index (χ1) is 5.95. The summed E-state index contributed by atoms with van der Waals surface area (Å²) < 4.78 is 4.62. The monoisotopic (exact) mass is 184 g/mol. The van der Waals surface area contributed by atoms with Crippen LogP contribution in [0.15, 0.2) is 4.99 Å². The van der Waals surface area contributed by atoms with Crippen LogP contribution in [0.1, 0.15) is 20.8 Å². The Balaban J connectivity index is 2.57. The van der Waals surface area contributed by atoms with Gasteiger partial charge in [0.1, 0.15) is 11.9 Å². The number of ether oxygens (including phenoxy) is 1. The van der Waals surface area contributed by atoms with Crippen molar-refractivity contribution in [2.45, 2.75) is 26.8 Å². The van der Waals surface area contributed by atoms with E-state index >= 15 is 0 Å². The minimum atomic E-state index is -0.292. The highest BCUT2D eigenvalue weighted by molar-refractivity contribution is 5.93. The van der Waals surface area contributed by atoms with Gasteiger partial charge in [-0.25, -0.2) is 4.79 Å². The number of amidine groups is 1. The molecule has 1 rings (SSSR count). The molecule has 0 aromatic carbocycles. The molecule has 0 spiro atoms. The highest BCUT2D eigenvalue weighted by Gasteiger charge is 2.30. The summed E-state index contributed by atoms with van der Waals surface area (Å²) in [6, 6.07) is -0.292. The average molecular weight is 184 g/mol. The number of carbonyl (C=O) groups is 1. The topological polar surface area (TPSA) is 50.7 Å². The second-order valence-corrected chi connectivity index (χ2v) is 4.16. The Kier molecular flexibility index (Phi) is 2.59. The molecule has 0 fully saturated rings. The smallest absolute Gasteiger partial charge is 0.330 e. The molecule has 0 bridgehead atoms. The average Bonchev–Trinajstić information content (AvgIpc) is 2.50. The summed E-state index contributed by atoms with van der Waals surface area (Å²) in [5, 5.41) is 3.06. The SMILES string of the molecule is COC(=O)[C@@H]1CN=C(C(C)(C)C)N1. The minimum absolute atomic E-state index is 0.0250. The molecule has 74 valence electrons. The van der Waals surface area contributed by atoms with Gasteiger partial charge < -0.3 is 10.1 Å². The molecule has 0 amide bonds. The second kappa shape index (κ2) is 3.36. The molecular formula is C9H16N2O2. The third-order valence-electron chi connectivity index (χ3n) is 1.94. The number of esters is 1. The molecule has 0 aromatic rings. The number of carbonyl (C=O) groups excluding carboxylic acids is 1. The van der Waals surface area contributed by atoms with Gasteiger partial charge in [-0.3, -0.25) is 4.99 Å². The van der Waals surface area contributed by atoms with Crippen LogP contribution in [0.25, 0.3) is 0 Å². The van der Waals surface area contributed by atoms with Crippen LogP contribution in [0.2, 0.25) is 0 Å². The summed E-state index contributed by atoms with van der Waals surface area (Å²) in [6.07, 6.45) is 0. The molecule has 1 aliphatic rings. The number of methoxy groups -OCH3 is 1. The summed E-state index contributed by atoms with van der Waals surface area (Å²) in [5.41, 5.74) is -0.0250. The predicted octanol–water partition coefficient (Wildman–Crippen LogP) is 0.576. The van der Waals surface area contributed by atoms with Crippen molar-refractivity contribution in [3.8, 4) is 0 Å². The Bertz CT molecular complexity index is 240. The fourth-order valence-corrected chi connectivity index (χ4v) is 1.17. The first-order valence-electron chi connectivity index (χ1n) is 4.34. The fourth-order valence-electron chi connectivity index (χ4n) is 1.17. The molecule has 0 saturated heterocycles. The Morgan fingerprint density at radius 2 is 2.23 bits per heavy atom. The van der Waals surface area contributed by atoms with Crippen LogP contribution in [0.4, 0.5) is 0 Å². The van der Waals surface area contributed by atoms with Gasteiger partial charge in [-0.2, -0.15) is 0 Å². The van der Waals surface area contributed by atoms with Crippen LogP contribution >= 0.6 is 0 Å². The number of aliphatic imine (C=N–C) groups is 1. The van der Waals surface area contributed by atoms with E-state index in [4.69, 9.17) is 0 Å². The van der Waals surface area contributed by atoms with Gasteiger partial charge in [0.25, 0.3) is 0 Å². The lowest BCUT2D eigenvalue weighted by molar-refractivity contribution is -0.142. The summed E-state index contributed by atoms with van der Waals surface area (Å²) in [7, 11) is 1.39. The van der Waals surface area contributed by atoms with Crippen molar-refractivity contribution >= 4 is 11.8 Å². The zero-order chi connectivity index (χ0) is 10.1. The van der Waals surface area contributed by atoms with Gasteiger partial charge in [0.05, 0.1) is 13.7 Å². The normalized spacial score (nSPS) is 22.2. The number of nitrogens with zero attached hydrogens (tertiary/aromatic N) is 1. The summed E-state index contributed by atoms with van der Waals surface area (Å²) in [4.78, 5) is 15.4. The van der Waals surface area contributed by atoms with E-state index in [1.807, 2.05) is 0 Å². The first kappa shape index (κ1) is 10.0. The van der Waals surface area contributed by atoms with Gasteiger partial charge >= 0.3 is 5.97 Å². The molecule has 1 heterocycles. The van der Waals surface area contributed by atoms with E-state index < -0.39 is 0 Å². The van der Waals surface area contributed by atoms with E-state index in [2.05, 4.69) is 35.8 Å². The van der Waals surface area contributed by atoms with Crippen molar-refractivity contribution in [1.82, 2.24) is 5.32 Å². The molecule has 0 aliphatic carbocycles. The molecule has 13 heavy (non-hydrogen) atoms. The molecule has 1 aliphatic heterocycles. The van der Waals surface area contributed by atoms with E-state index in [-0.39, 0.29) is 17.4 Å². The van der Waals surface area contributed by atoms with Crippen molar-refractivity contribution in [2.75, 3.05) is 13.7 Å². The second-order valence-electron chi connectivity index (χ2n) is 4.16. The van der Waals surface area contributed by atoms with Crippen molar-refractivity contribution in [3.05, 3.63) is 0 Å². The lowest BCUT2D eigenvalue weighted by atomic mass is 9.95. The molecule has 0 aromatic heterocycles. The molecule has 4 nitrogen and oxygen atoms in total. The highest BCUT2D eigenvalue weighted by atomic mass is 16.5. The van der Waals surface area contributed by atoms with E-state index in [0.717, 1.165) is 5.84 Å². The van der Waals surface area contributed by atoms with E-state index in [1.54, 1.807) is 0 Å². The lowest BCUT2D eigenvalue weighted by Gasteiger charge is -2.20. The molecule has 0 saturated carbocycles. The van der Waals surface area contributed by atoms with Crippen LogP contribution in [-0.2, 0) is 9.53 Å². The van der Waals surface area contributed by atoms with E-state index in [9.17, 15) is 4.79 Å². The van der Waals surface area contributed by atoms with Crippen LogP contribution in [-0.4, -0.2) is 31.5 Å². The third kappa shape index (κ3) is 2.20. The molecule has 1 atom stereocenters. The quantitative estimate of drug-likeness (QED) is 0.606. The minimum Gasteiger partial charge on any atom is -0.467 e. The molecular weight excluding hydrogens is 168 g/mol. The maximum Gasteiger partial charge on any atom is 0.330 e. The van der Waals surface area contributed by atoms with Crippen molar-refractivity contribution in [1.29, 1.82) is 0 Å². The summed E-state index contributed by atoms with van der Waals surface area (Å²) in [6.45, 7) is 6.65. The molecule has 1 N–H and O–H groups in total. The van der Waals surface area contributed by atoms with Gasteiger partial charge in [0, 0.05) is 5.41 Å². The number of nitrogens with one attached hydrogen (secondary N) is 1. The molecule has 0 unspecified atom stereocenters. The van der Waals surface area contributed by atoms with Crippen LogP contribution in [0.5, 0.6) is 0 Å². The summed E-state index contributed by atoms with van der Waals surface area (Å²) in [5.74, 6) is 0.630. The van der Waals surface area contributed by atoms with Crippen molar-refractivity contribution < 1.29 is 9.53 Å². The van der Waals surface area contributed by atoms with Gasteiger partial charge in [0.15, 0.2) is 0 Å². The maximum absolute atomic E-state index is 11.1. The first-order valence-corrected chi connectivity index (χ1v) is 4.34. The van der Waals surface area contributed by atoms with Gasteiger partial charge in [0.2, 0.25) is 0 Å². The predicted molar refractivity (Wildman–Crippen MR) is 50.7 cm³/mol. The van der Waals surface area contributed by atoms with Crippen LogP contribution in [0.3, 0.4) is 0 Å². The Labute approximate surface area is 78.4 Å². The van der Waals surface area contributed by atoms with Gasteiger partial charge in [-0.15, -0.1) is 0 Å². The largest absolute Gasteiger partial charge is 0.467 e. The standard InChI is InChI=1S/C9H16N2O2/c1-9(2,3)8-10-5-6(11-8)7(12)13-4/h6H,5H2,1-4H3,(H,10,11)/t6-/m0/s1. The zero-order valence-corrected chi connectivity index (χ0v) is 8.55. The van der Waals surface area contributed by atoms with E-state index in [1.165, 1.54) is 7.11 Å². The van der Waals surface area contributed by atoms with Crippen molar-refractivity contribution in [2.24, 2.45) is 10.4 Å². The van der Waals surface area contributed by atoms with Crippen molar-refractivity contribution in [3.63, 3.8) is 0 Å². The zero-order valence-electron chi connectivity index (χ0n) is 8.55. The lowest BCUT2D eigenvalue weighted by Crippen LogP contribution is -2.42. The van der Waals surface area contributed by atoms with Crippen LogP contribution < -0.4 is 5.32 Å². The van der Waals surface area contributed by atoms with E-state index in [0.29, 0.717) is 6.54 Å². The number of hydrogen-bond donors (Lipinski definition) is 1. The molecule has 0 radical (unpaired) electrons. The fraction of sp³-hybridized carbons (Fsp3) is 0.778. The number of hydrogen-bond acceptors (Lipinski definition) is 4. The Morgan fingerprint density at radius 1 is 1.62 bits per heavy atom. The van der Waals surface area contributed by atoms with Crippen LogP contribution in [0, 0.1) is 5.41 Å². The Morgan fingerprint density at radius 3 is 2.62 bits per heavy atom. The number of rotatable bonds is 1. The molecule has 4 heteroatoms. The maximum atomic E-state index is 11.1. The van der Waals surface area contributed by atoms with Gasteiger partial charge in [-0.1, -0.05) is 20.8 Å². The summed E-state index contributed by atoms with van der Waals surface area (Å²) >= 11 is 0.